The Kier molecular flexibility index (Phi) is 7.76. The van der Waals surface area contributed by atoms with Gasteiger partial charge in [-0.1, -0.05) is 12.1 Å². The third kappa shape index (κ3) is 5.50. The normalized spacial score (nSPS) is 16.8. The Morgan fingerprint density at radius 1 is 1.30 bits per heavy atom. The highest BCUT2D eigenvalue weighted by Gasteiger charge is 2.25. The van der Waals surface area contributed by atoms with Gasteiger partial charge in [0.1, 0.15) is 5.82 Å². The fourth-order valence-corrected chi connectivity index (χ4v) is 3.00. The maximum absolute atomic E-state index is 13.9. The van der Waals surface area contributed by atoms with E-state index in [1.807, 2.05) is 11.0 Å². The van der Waals surface area contributed by atoms with E-state index in [1.54, 1.807) is 32.3 Å². The Morgan fingerprint density at radius 3 is 2.81 bits per heavy atom. The van der Waals surface area contributed by atoms with E-state index in [2.05, 4.69) is 20.6 Å². The van der Waals surface area contributed by atoms with Gasteiger partial charge in [0, 0.05) is 38.9 Å². The molecule has 3 rings (SSSR count). The van der Waals surface area contributed by atoms with Gasteiger partial charge in [-0.3, -0.25) is 4.99 Å². The Balaban J connectivity index is 0.00000261. The Hall–Kier alpha value is -1.97. The molecule has 1 saturated heterocycles. The number of nitrogens with zero attached hydrogens (tertiary/aromatic N) is 3. The van der Waals surface area contributed by atoms with Crippen LogP contribution in [0, 0.1) is 18.6 Å². The summed E-state index contributed by atoms with van der Waals surface area (Å²) in [6, 6.07) is 8.32. The average Bonchev–Trinajstić information content (AvgIpc) is 3.10. The maximum Gasteiger partial charge on any atom is 0.191 e. The third-order valence-corrected chi connectivity index (χ3v) is 4.49. The summed E-state index contributed by atoms with van der Waals surface area (Å²) >= 11 is 0. The van der Waals surface area contributed by atoms with Gasteiger partial charge >= 0.3 is 0 Å². The first-order chi connectivity index (χ1) is 12.6. The Labute approximate surface area is 175 Å². The second kappa shape index (κ2) is 9.82. The molecule has 0 spiro atoms. The maximum atomic E-state index is 13.9. The van der Waals surface area contributed by atoms with Crippen LogP contribution >= 0.6 is 24.0 Å². The van der Waals surface area contributed by atoms with E-state index in [0.29, 0.717) is 30.4 Å². The number of pyridine rings is 1. The highest BCUT2D eigenvalue weighted by molar-refractivity contribution is 14.0. The number of rotatable bonds is 4. The van der Waals surface area contributed by atoms with Crippen LogP contribution in [0.25, 0.3) is 0 Å². The second-order valence-electron chi connectivity index (χ2n) is 6.39. The van der Waals surface area contributed by atoms with Crippen LogP contribution in [0.5, 0.6) is 0 Å². The number of aromatic nitrogens is 1. The number of benzene rings is 1. The minimum absolute atomic E-state index is 0. The molecule has 1 aliphatic rings. The van der Waals surface area contributed by atoms with Crippen LogP contribution in [0.4, 0.5) is 14.6 Å². The molecule has 8 heteroatoms. The minimum atomic E-state index is -0.308. The molecule has 0 bridgehead atoms. The summed E-state index contributed by atoms with van der Waals surface area (Å²) < 4.78 is 27.5. The summed E-state index contributed by atoms with van der Waals surface area (Å²) in [5, 5.41) is 6.52. The predicted molar refractivity (Wildman–Crippen MR) is 115 cm³/mol. The molecule has 2 heterocycles. The van der Waals surface area contributed by atoms with Crippen molar-refractivity contribution in [2.24, 2.45) is 4.99 Å². The molecule has 1 unspecified atom stereocenters. The van der Waals surface area contributed by atoms with Gasteiger partial charge in [-0.25, -0.2) is 13.8 Å². The molecule has 0 saturated carbocycles. The van der Waals surface area contributed by atoms with Crippen molar-refractivity contribution in [2.45, 2.75) is 25.9 Å². The molecule has 0 aliphatic carbocycles. The van der Waals surface area contributed by atoms with E-state index in [1.165, 1.54) is 12.1 Å². The molecule has 1 aromatic carbocycles. The van der Waals surface area contributed by atoms with Crippen molar-refractivity contribution in [1.82, 2.24) is 15.6 Å². The Bertz CT molecular complexity index is 799. The number of aliphatic imine (C=N–C) groups is 1. The molecular weight excluding hydrogens is 463 g/mol. The summed E-state index contributed by atoms with van der Waals surface area (Å²) in [4.78, 5) is 10.3. The lowest BCUT2D eigenvalue weighted by molar-refractivity contribution is 0.611. The monoisotopic (exact) mass is 487 g/mol. The summed E-state index contributed by atoms with van der Waals surface area (Å²) in [6.07, 6.45) is 2.45. The summed E-state index contributed by atoms with van der Waals surface area (Å²) in [5.74, 6) is 0.502. The third-order valence-electron chi connectivity index (χ3n) is 4.49. The SMILES string of the molecule is CN=C(NCc1ccc(C)c(F)c1)NC1CCN(c2ncccc2F)C1.I. The topological polar surface area (TPSA) is 52.6 Å². The number of hydrogen-bond acceptors (Lipinski definition) is 3. The molecule has 146 valence electrons. The van der Waals surface area contributed by atoms with Crippen molar-refractivity contribution in [3.05, 3.63) is 59.3 Å². The van der Waals surface area contributed by atoms with E-state index < -0.39 is 0 Å². The molecule has 2 aromatic rings. The van der Waals surface area contributed by atoms with Crippen LogP contribution in [-0.4, -0.2) is 37.1 Å². The van der Waals surface area contributed by atoms with Gasteiger partial charge in [0.15, 0.2) is 17.6 Å². The lowest BCUT2D eigenvalue weighted by Gasteiger charge is -2.20. The van der Waals surface area contributed by atoms with Crippen LogP contribution < -0.4 is 15.5 Å². The summed E-state index contributed by atoms with van der Waals surface area (Å²) in [6.45, 7) is 3.59. The quantitative estimate of drug-likeness (QED) is 0.395. The van der Waals surface area contributed by atoms with Crippen molar-refractivity contribution in [3.63, 3.8) is 0 Å². The van der Waals surface area contributed by atoms with Crippen LogP contribution in [0.1, 0.15) is 17.5 Å². The zero-order chi connectivity index (χ0) is 18.5. The first-order valence-corrected chi connectivity index (χ1v) is 8.64. The van der Waals surface area contributed by atoms with Gasteiger partial charge in [0.05, 0.1) is 0 Å². The largest absolute Gasteiger partial charge is 0.352 e. The molecule has 1 atom stereocenters. The number of aryl methyl sites for hydroxylation is 1. The first kappa shape index (κ1) is 21.3. The average molecular weight is 487 g/mol. The van der Waals surface area contributed by atoms with E-state index in [9.17, 15) is 8.78 Å². The zero-order valence-corrected chi connectivity index (χ0v) is 17.7. The number of halogens is 3. The number of nitrogens with one attached hydrogen (secondary N) is 2. The highest BCUT2D eigenvalue weighted by Crippen LogP contribution is 2.20. The number of hydrogen-bond donors (Lipinski definition) is 2. The van der Waals surface area contributed by atoms with Gasteiger partial charge in [0.2, 0.25) is 0 Å². The Morgan fingerprint density at radius 2 is 2.11 bits per heavy atom. The van der Waals surface area contributed by atoms with Gasteiger partial charge in [0.25, 0.3) is 0 Å². The first-order valence-electron chi connectivity index (χ1n) is 8.64. The van der Waals surface area contributed by atoms with E-state index >= 15 is 0 Å². The lowest BCUT2D eigenvalue weighted by atomic mass is 10.1. The predicted octanol–water partition coefficient (Wildman–Crippen LogP) is 3.23. The number of guanidine groups is 1. The molecule has 1 aliphatic heterocycles. The van der Waals surface area contributed by atoms with Gasteiger partial charge in [-0.05, 0) is 42.7 Å². The standard InChI is InChI=1S/C19H23F2N5.HI/c1-13-5-6-14(10-17(13)21)11-24-19(22-2)25-15-7-9-26(12-15)18-16(20)4-3-8-23-18;/h3-6,8,10,15H,7,9,11-12H2,1-2H3,(H2,22,24,25);1H. The van der Waals surface area contributed by atoms with Gasteiger partial charge in [-0.2, -0.15) is 0 Å². The van der Waals surface area contributed by atoms with Crippen molar-refractivity contribution in [1.29, 1.82) is 0 Å². The fourth-order valence-electron chi connectivity index (χ4n) is 3.00. The molecule has 2 N–H and O–H groups in total. The molecule has 1 fully saturated rings. The van der Waals surface area contributed by atoms with Crippen LogP contribution in [-0.2, 0) is 6.54 Å². The second-order valence-corrected chi connectivity index (χ2v) is 6.39. The smallest absolute Gasteiger partial charge is 0.191 e. The summed E-state index contributed by atoms with van der Waals surface area (Å²) in [5.41, 5.74) is 1.48. The van der Waals surface area contributed by atoms with Crippen LogP contribution in [0.3, 0.4) is 0 Å². The minimum Gasteiger partial charge on any atom is -0.352 e. The van der Waals surface area contributed by atoms with Crippen LogP contribution in [0.2, 0.25) is 0 Å². The molecule has 5 nitrogen and oxygen atoms in total. The highest BCUT2D eigenvalue weighted by atomic mass is 127. The fraction of sp³-hybridized carbons (Fsp3) is 0.368. The van der Waals surface area contributed by atoms with Crippen molar-refractivity contribution in [2.75, 3.05) is 25.0 Å². The lowest BCUT2D eigenvalue weighted by Crippen LogP contribution is -2.44. The zero-order valence-electron chi connectivity index (χ0n) is 15.4. The molecule has 0 amide bonds. The van der Waals surface area contributed by atoms with Gasteiger partial charge in [-0.15, -0.1) is 24.0 Å². The van der Waals surface area contributed by atoms with Crippen molar-refractivity contribution in [3.8, 4) is 0 Å². The molecule has 0 radical (unpaired) electrons. The summed E-state index contributed by atoms with van der Waals surface area (Å²) in [7, 11) is 1.69. The van der Waals surface area contributed by atoms with Crippen molar-refractivity contribution >= 4 is 35.8 Å². The molecule has 27 heavy (non-hydrogen) atoms. The van der Waals surface area contributed by atoms with E-state index in [4.69, 9.17) is 0 Å². The van der Waals surface area contributed by atoms with Crippen molar-refractivity contribution < 1.29 is 8.78 Å². The van der Waals surface area contributed by atoms with E-state index in [0.717, 1.165) is 18.5 Å². The van der Waals surface area contributed by atoms with Gasteiger partial charge < -0.3 is 15.5 Å². The van der Waals surface area contributed by atoms with Crippen LogP contribution in [0.15, 0.2) is 41.5 Å². The number of anilines is 1. The molecular formula is C19H24F2IN5. The van der Waals surface area contributed by atoms with E-state index in [-0.39, 0.29) is 41.7 Å². The molecule has 1 aromatic heterocycles.